The number of carbonyl (C=O) groups is 1. The lowest BCUT2D eigenvalue weighted by Crippen LogP contribution is -1.84. The minimum absolute atomic E-state index is 0.886. The van der Waals surface area contributed by atoms with E-state index in [1.54, 1.807) is 0 Å². The summed E-state index contributed by atoms with van der Waals surface area (Å²) in [6.45, 7) is 5.98. The zero-order chi connectivity index (χ0) is 7.28. The summed E-state index contributed by atoms with van der Waals surface area (Å²) in [6, 6.07) is 0. The molecule has 0 heterocycles. The highest BCUT2D eigenvalue weighted by Gasteiger charge is 1.91. The first-order valence-corrected chi connectivity index (χ1v) is 3.34. The number of hydrogen-bond donors (Lipinski definition) is 0. The summed E-state index contributed by atoms with van der Waals surface area (Å²) in [4.78, 5) is 10.2. The van der Waals surface area contributed by atoms with Crippen molar-refractivity contribution in [1.82, 2.24) is 0 Å². The van der Waals surface area contributed by atoms with Gasteiger partial charge in [0.1, 0.15) is 6.29 Å². The first kappa shape index (κ1) is 8.41. The van der Waals surface area contributed by atoms with Crippen LogP contribution >= 0.6 is 0 Å². The van der Waals surface area contributed by atoms with Crippen molar-refractivity contribution in [1.29, 1.82) is 0 Å². The predicted molar refractivity (Wildman–Crippen MR) is 39.3 cm³/mol. The first-order valence-electron chi connectivity index (χ1n) is 3.34. The van der Waals surface area contributed by atoms with Gasteiger partial charge in [-0.05, 0) is 25.8 Å². The standard InChI is InChI=1S/C8H14O/c1-4-5-7(2)8(3)6-9/h6H,4-5H2,1-3H3/b8-7+. The fourth-order valence-electron chi connectivity index (χ4n) is 0.673. The average Bonchev–Trinajstić information content (AvgIpc) is 1.87. The summed E-state index contributed by atoms with van der Waals surface area (Å²) in [6.07, 6.45) is 3.09. The van der Waals surface area contributed by atoms with Crippen molar-refractivity contribution in [3.8, 4) is 0 Å². The van der Waals surface area contributed by atoms with E-state index in [-0.39, 0.29) is 0 Å². The van der Waals surface area contributed by atoms with Crippen LogP contribution in [0.3, 0.4) is 0 Å². The molecule has 0 spiro atoms. The van der Waals surface area contributed by atoms with Crippen molar-refractivity contribution in [3.05, 3.63) is 11.1 Å². The Bertz CT molecular complexity index is 123. The van der Waals surface area contributed by atoms with Gasteiger partial charge in [-0.25, -0.2) is 0 Å². The van der Waals surface area contributed by atoms with Crippen molar-refractivity contribution in [2.75, 3.05) is 0 Å². The number of carbonyl (C=O) groups excluding carboxylic acids is 1. The second-order valence-corrected chi connectivity index (χ2v) is 2.33. The highest BCUT2D eigenvalue weighted by Crippen LogP contribution is 2.06. The molecule has 52 valence electrons. The van der Waals surface area contributed by atoms with Gasteiger partial charge in [-0.1, -0.05) is 18.9 Å². The summed E-state index contributed by atoms with van der Waals surface area (Å²) in [5, 5.41) is 0. The molecule has 0 bridgehead atoms. The van der Waals surface area contributed by atoms with Crippen LogP contribution in [0.2, 0.25) is 0 Å². The smallest absolute Gasteiger partial charge is 0.145 e. The van der Waals surface area contributed by atoms with Gasteiger partial charge in [0.15, 0.2) is 0 Å². The monoisotopic (exact) mass is 126 g/mol. The molecule has 0 aromatic carbocycles. The molecule has 0 aliphatic carbocycles. The maximum Gasteiger partial charge on any atom is 0.145 e. The zero-order valence-corrected chi connectivity index (χ0v) is 6.40. The van der Waals surface area contributed by atoms with Crippen LogP contribution in [0.15, 0.2) is 11.1 Å². The second-order valence-electron chi connectivity index (χ2n) is 2.33. The Hall–Kier alpha value is -0.590. The van der Waals surface area contributed by atoms with Gasteiger partial charge >= 0.3 is 0 Å². The van der Waals surface area contributed by atoms with Gasteiger partial charge < -0.3 is 0 Å². The molecular weight excluding hydrogens is 112 g/mol. The third kappa shape index (κ3) is 3.07. The number of hydrogen-bond acceptors (Lipinski definition) is 1. The van der Waals surface area contributed by atoms with E-state index >= 15 is 0 Å². The minimum atomic E-state index is 0.886. The summed E-state index contributed by atoms with van der Waals surface area (Å²) in [7, 11) is 0. The fraction of sp³-hybridized carbons (Fsp3) is 0.625. The van der Waals surface area contributed by atoms with Crippen molar-refractivity contribution >= 4 is 6.29 Å². The Labute approximate surface area is 56.8 Å². The molecule has 9 heavy (non-hydrogen) atoms. The van der Waals surface area contributed by atoms with Gasteiger partial charge in [-0.15, -0.1) is 0 Å². The molecule has 0 atom stereocenters. The third-order valence-corrected chi connectivity index (χ3v) is 1.47. The van der Waals surface area contributed by atoms with E-state index in [1.165, 1.54) is 5.57 Å². The average molecular weight is 126 g/mol. The van der Waals surface area contributed by atoms with Gasteiger partial charge in [-0.3, -0.25) is 4.79 Å². The van der Waals surface area contributed by atoms with Crippen molar-refractivity contribution in [2.45, 2.75) is 33.6 Å². The van der Waals surface area contributed by atoms with E-state index in [9.17, 15) is 4.79 Å². The molecule has 0 N–H and O–H groups in total. The second kappa shape index (κ2) is 4.30. The highest BCUT2D eigenvalue weighted by atomic mass is 16.1. The molecule has 0 fully saturated rings. The largest absolute Gasteiger partial charge is 0.298 e. The molecule has 1 nitrogen and oxygen atoms in total. The lowest BCUT2D eigenvalue weighted by atomic mass is 10.1. The zero-order valence-electron chi connectivity index (χ0n) is 6.40. The molecule has 0 rings (SSSR count). The Kier molecular flexibility index (Phi) is 4.02. The van der Waals surface area contributed by atoms with Crippen molar-refractivity contribution in [3.63, 3.8) is 0 Å². The molecule has 0 unspecified atom stereocenters. The third-order valence-electron chi connectivity index (χ3n) is 1.47. The lowest BCUT2D eigenvalue weighted by molar-refractivity contribution is -0.104. The normalized spacial score (nSPS) is 12.8. The van der Waals surface area contributed by atoms with Crippen molar-refractivity contribution < 1.29 is 4.79 Å². The summed E-state index contributed by atoms with van der Waals surface area (Å²) < 4.78 is 0. The van der Waals surface area contributed by atoms with Crippen LogP contribution in [-0.2, 0) is 4.79 Å². The molecule has 0 saturated heterocycles. The van der Waals surface area contributed by atoms with Gasteiger partial charge in [0.05, 0.1) is 0 Å². The molecule has 0 aromatic heterocycles. The number of allylic oxidation sites excluding steroid dienone is 2. The maximum absolute atomic E-state index is 10.2. The molecular formula is C8H14O. The van der Waals surface area contributed by atoms with E-state index in [2.05, 4.69) is 6.92 Å². The molecule has 0 saturated carbocycles. The first-order chi connectivity index (χ1) is 4.22. The fourth-order valence-corrected chi connectivity index (χ4v) is 0.673. The summed E-state index contributed by atoms with van der Waals surface area (Å²) in [5.41, 5.74) is 2.10. The maximum atomic E-state index is 10.2. The van der Waals surface area contributed by atoms with E-state index in [0.717, 1.165) is 24.7 Å². The van der Waals surface area contributed by atoms with Crippen LogP contribution in [-0.4, -0.2) is 6.29 Å². The Morgan fingerprint density at radius 3 is 2.33 bits per heavy atom. The van der Waals surface area contributed by atoms with Crippen LogP contribution in [0.25, 0.3) is 0 Å². The van der Waals surface area contributed by atoms with Gasteiger partial charge in [0, 0.05) is 0 Å². The van der Waals surface area contributed by atoms with Crippen LogP contribution < -0.4 is 0 Å². The molecule has 0 radical (unpaired) electrons. The lowest BCUT2D eigenvalue weighted by Gasteiger charge is -1.97. The molecule has 0 aromatic rings. The van der Waals surface area contributed by atoms with Gasteiger partial charge in [-0.2, -0.15) is 0 Å². The van der Waals surface area contributed by atoms with E-state index in [1.807, 2.05) is 13.8 Å². The Balaban J connectivity index is 3.93. The molecule has 0 aliphatic heterocycles. The number of aldehydes is 1. The minimum Gasteiger partial charge on any atom is -0.298 e. The van der Waals surface area contributed by atoms with E-state index < -0.39 is 0 Å². The van der Waals surface area contributed by atoms with E-state index in [4.69, 9.17) is 0 Å². The summed E-state index contributed by atoms with van der Waals surface area (Å²) in [5.74, 6) is 0. The van der Waals surface area contributed by atoms with Crippen LogP contribution in [0.1, 0.15) is 33.6 Å². The van der Waals surface area contributed by atoms with Crippen molar-refractivity contribution in [2.24, 2.45) is 0 Å². The SMILES string of the molecule is CCC/C(C)=C(\C)C=O. The van der Waals surface area contributed by atoms with Gasteiger partial charge in [0.25, 0.3) is 0 Å². The van der Waals surface area contributed by atoms with Gasteiger partial charge in [0.2, 0.25) is 0 Å². The number of rotatable bonds is 3. The molecule has 0 amide bonds. The highest BCUT2D eigenvalue weighted by molar-refractivity contribution is 5.73. The van der Waals surface area contributed by atoms with Crippen LogP contribution in [0.5, 0.6) is 0 Å². The Morgan fingerprint density at radius 2 is 2.00 bits per heavy atom. The topological polar surface area (TPSA) is 17.1 Å². The van der Waals surface area contributed by atoms with Crippen LogP contribution in [0.4, 0.5) is 0 Å². The summed E-state index contributed by atoms with van der Waals surface area (Å²) >= 11 is 0. The molecule has 1 heteroatoms. The molecule has 0 aliphatic rings. The van der Waals surface area contributed by atoms with Crippen LogP contribution in [0, 0.1) is 0 Å². The predicted octanol–water partition coefficient (Wildman–Crippen LogP) is 2.32. The Morgan fingerprint density at radius 1 is 1.44 bits per heavy atom. The quantitative estimate of drug-likeness (QED) is 0.419. The van der Waals surface area contributed by atoms with E-state index in [0.29, 0.717) is 0 Å².